The normalized spacial score (nSPS) is 10.5. The smallest absolute Gasteiger partial charge is 0.253 e. The molecule has 0 N–H and O–H groups in total. The van der Waals surface area contributed by atoms with Crippen LogP contribution in [0.3, 0.4) is 0 Å². The molecule has 0 aliphatic carbocycles. The van der Waals surface area contributed by atoms with Crippen LogP contribution < -0.4 is 4.74 Å². The van der Waals surface area contributed by atoms with Crippen molar-refractivity contribution in [1.29, 1.82) is 0 Å². The highest BCUT2D eigenvalue weighted by molar-refractivity contribution is 5.94. The number of rotatable bonds is 4. The van der Waals surface area contributed by atoms with Crippen LogP contribution in [0.25, 0.3) is 10.9 Å². The van der Waals surface area contributed by atoms with E-state index in [0.29, 0.717) is 17.9 Å². The summed E-state index contributed by atoms with van der Waals surface area (Å²) in [4.78, 5) is 17.9. The van der Waals surface area contributed by atoms with E-state index < -0.39 is 0 Å². The van der Waals surface area contributed by atoms with Crippen LogP contribution in [0.15, 0.2) is 60.8 Å². The third-order valence-electron chi connectivity index (χ3n) is 3.55. The fourth-order valence-electron chi connectivity index (χ4n) is 2.35. The summed E-state index contributed by atoms with van der Waals surface area (Å²) in [5, 5.41) is 1.04. The number of aromatic nitrogens is 1. The van der Waals surface area contributed by atoms with Gasteiger partial charge in [0.1, 0.15) is 12.4 Å². The molecule has 0 bridgehead atoms. The van der Waals surface area contributed by atoms with Gasteiger partial charge in [0.05, 0.1) is 11.7 Å². The molecule has 3 aromatic rings. The third-order valence-corrected chi connectivity index (χ3v) is 3.55. The Morgan fingerprint density at radius 3 is 2.74 bits per heavy atom. The van der Waals surface area contributed by atoms with Gasteiger partial charge < -0.3 is 9.64 Å². The number of pyridine rings is 1. The number of nitrogens with zero attached hydrogens (tertiary/aromatic N) is 2. The predicted octanol–water partition coefficient (Wildman–Crippen LogP) is 3.52. The summed E-state index contributed by atoms with van der Waals surface area (Å²) in [6, 6.07) is 17.4. The highest BCUT2D eigenvalue weighted by Gasteiger charge is 2.08. The van der Waals surface area contributed by atoms with Crippen molar-refractivity contribution >= 4 is 16.8 Å². The zero-order chi connectivity index (χ0) is 16.2. The Balaban J connectivity index is 1.74. The van der Waals surface area contributed by atoms with Gasteiger partial charge in [-0.25, -0.2) is 0 Å². The highest BCUT2D eigenvalue weighted by Crippen LogP contribution is 2.19. The van der Waals surface area contributed by atoms with Crippen LogP contribution in [0, 0.1) is 0 Å². The second kappa shape index (κ2) is 6.48. The molecule has 0 saturated heterocycles. The largest absolute Gasteiger partial charge is 0.487 e. The van der Waals surface area contributed by atoms with E-state index >= 15 is 0 Å². The number of carbonyl (C=O) groups excluding carboxylic acids is 1. The van der Waals surface area contributed by atoms with Gasteiger partial charge in [-0.05, 0) is 29.8 Å². The summed E-state index contributed by atoms with van der Waals surface area (Å²) in [7, 11) is 3.48. The van der Waals surface area contributed by atoms with Gasteiger partial charge in [-0.2, -0.15) is 0 Å². The lowest BCUT2D eigenvalue weighted by Gasteiger charge is -2.12. The van der Waals surface area contributed by atoms with Gasteiger partial charge >= 0.3 is 0 Å². The summed E-state index contributed by atoms with van der Waals surface area (Å²) < 4.78 is 5.81. The summed E-state index contributed by atoms with van der Waals surface area (Å²) in [6.45, 7) is 0.397. The van der Waals surface area contributed by atoms with Crippen molar-refractivity contribution in [2.24, 2.45) is 0 Å². The van der Waals surface area contributed by atoms with E-state index in [9.17, 15) is 4.79 Å². The molecular formula is C19H18N2O2. The van der Waals surface area contributed by atoms with Crippen LogP contribution in [0.1, 0.15) is 15.9 Å². The molecule has 116 valence electrons. The monoisotopic (exact) mass is 306 g/mol. The minimum absolute atomic E-state index is 0.0146. The molecule has 3 rings (SSSR count). The first-order chi connectivity index (χ1) is 11.1. The molecular weight excluding hydrogens is 288 g/mol. The number of para-hydroxylation sites is 1. The number of carbonyl (C=O) groups is 1. The first-order valence-corrected chi connectivity index (χ1v) is 7.42. The van der Waals surface area contributed by atoms with Gasteiger partial charge in [-0.1, -0.05) is 30.3 Å². The van der Waals surface area contributed by atoms with E-state index in [0.717, 1.165) is 16.5 Å². The molecule has 0 aliphatic rings. The van der Waals surface area contributed by atoms with Gasteiger partial charge in [0.2, 0.25) is 0 Å². The fraction of sp³-hybridized carbons (Fsp3) is 0.158. The van der Waals surface area contributed by atoms with E-state index in [1.54, 1.807) is 25.2 Å². The van der Waals surface area contributed by atoms with Crippen LogP contribution in [0.4, 0.5) is 0 Å². The van der Waals surface area contributed by atoms with E-state index in [1.807, 2.05) is 54.6 Å². The molecule has 0 atom stereocenters. The van der Waals surface area contributed by atoms with Crippen LogP contribution >= 0.6 is 0 Å². The summed E-state index contributed by atoms with van der Waals surface area (Å²) in [6.07, 6.45) is 1.72. The SMILES string of the molecule is CN(C)C(=O)c1cccc(COc2cnc3ccccc3c2)c1. The molecule has 4 nitrogen and oxygen atoms in total. The van der Waals surface area contributed by atoms with Crippen molar-refractivity contribution in [2.75, 3.05) is 14.1 Å². The molecule has 0 radical (unpaired) electrons. The van der Waals surface area contributed by atoms with E-state index in [2.05, 4.69) is 4.98 Å². The average Bonchev–Trinajstić information content (AvgIpc) is 2.59. The minimum atomic E-state index is -0.0146. The van der Waals surface area contributed by atoms with Gasteiger partial charge in [0.15, 0.2) is 0 Å². The van der Waals surface area contributed by atoms with Crippen molar-refractivity contribution in [3.8, 4) is 5.75 Å². The fourth-order valence-corrected chi connectivity index (χ4v) is 2.35. The number of benzene rings is 2. The maximum atomic E-state index is 12.0. The van der Waals surface area contributed by atoms with Crippen LogP contribution in [0.5, 0.6) is 5.75 Å². The second-order valence-corrected chi connectivity index (χ2v) is 5.55. The van der Waals surface area contributed by atoms with Gasteiger partial charge in [0.25, 0.3) is 5.91 Å². The first kappa shape index (κ1) is 15.0. The third kappa shape index (κ3) is 3.48. The lowest BCUT2D eigenvalue weighted by Crippen LogP contribution is -2.21. The summed E-state index contributed by atoms with van der Waals surface area (Å²) >= 11 is 0. The number of hydrogen-bond acceptors (Lipinski definition) is 3. The molecule has 0 unspecified atom stereocenters. The van der Waals surface area contributed by atoms with Crippen molar-refractivity contribution < 1.29 is 9.53 Å². The predicted molar refractivity (Wildman–Crippen MR) is 90.5 cm³/mol. The van der Waals surface area contributed by atoms with Crippen molar-refractivity contribution in [2.45, 2.75) is 6.61 Å². The number of ether oxygens (including phenoxy) is 1. The maximum Gasteiger partial charge on any atom is 0.253 e. The zero-order valence-electron chi connectivity index (χ0n) is 13.2. The Morgan fingerprint density at radius 2 is 1.91 bits per heavy atom. The Labute approximate surface area is 135 Å². The summed E-state index contributed by atoms with van der Waals surface area (Å²) in [5.41, 5.74) is 2.55. The van der Waals surface area contributed by atoms with Crippen molar-refractivity contribution in [3.05, 3.63) is 71.9 Å². The Morgan fingerprint density at radius 1 is 1.09 bits per heavy atom. The zero-order valence-corrected chi connectivity index (χ0v) is 13.2. The molecule has 1 aromatic heterocycles. The lowest BCUT2D eigenvalue weighted by molar-refractivity contribution is 0.0827. The quantitative estimate of drug-likeness (QED) is 0.740. The molecule has 0 fully saturated rings. The van der Waals surface area contributed by atoms with Gasteiger partial charge in [-0.15, -0.1) is 0 Å². The number of fused-ring (bicyclic) bond motifs is 1. The van der Waals surface area contributed by atoms with E-state index in [1.165, 1.54) is 0 Å². The van der Waals surface area contributed by atoms with Crippen LogP contribution in [-0.4, -0.2) is 29.9 Å². The van der Waals surface area contributed by atoms with Crippen molar-refractivity contribution in [1.82, 2.24) is 9.88 Å². The van der Waals surface area contributed by atoms with Gasteiger partial charge in [0, 0.05) is 25.0 Å². The highest BCUT2D eigenvalue weighted by atomic mass is 16.5. The molecule has 23 heavy (non-hydrogen) atoms. The van der Waals surface area contributed by atoms with Crippen molar-refractivity contribution in [3.63, 3.8) is 0 Å². The minimum Gasteiger partial charge on any atom is -0.487 e. The molecule has 1 heterocycles. The summed E-state index contributed by atoms with van der Waals surface area (Å²) in [5.74, 6) is 0.701. The van der Waals surface area contributed by atoms with Crippen LogP contribution in [0.2, 0.25) is 0 Å². The molecule has 0 aliphatic heterocycles. The Hall–Kier alpha value is -2.88. The van der Waals surface area contributed by atoms with Crippen LogP contribution in [-0.2, 0) is 6.61 Å². The topological polar surface area (TPSA) is 42.4 Å². The number of amides is 1. The van der Waals surface area contributed by atoms with E-state index in [-0.39, 0.29) is 5.91 Å². The lowest BCUT2D eigenvalue weighted by atomic mass is 10.1. The standard InChI is InChI=1S/C19H18N2O2/c1-21(2)19(22)16-8-5-6-14(10-16)13-23-17-11-15-7-3-4-9-18(15)20-12-17/h3-12H,13H2,1-2H3. The molecule has 1 amide bonds. The maximum absolute atomic E-state index is 12.0. The second-order valence-electron chi connectivity index (χ2n) is 5.55. The molecule has 2 aromatic carbocycles. The molecule has 4 heteroatoms. The molecule has 0 spiro atoms. The Kier molecular flexibility index (Phi) is 4.24. The molecule has 0 saturated carbocycles. The van der Waals surface area contributed by atoms with Gasteiger partial charge in [-0.3, -0.25) is 9.78 Å². The average molecular weight is 306 g/mol. The first-order valence-electron chi connectivity index (χ1n) is 7.42. The Bertz CT molecular complexity index is 843. The number of hydrogen-bond donors (Lipinski definition) is 0. The van der Waals surface area contributed by atoms with E-state index in [4.69, 9.17) is 4.74 Å².